The quantitative estimate of drug-likeness (QED) is 0.819. The number of allylic oxidation sites excluding steroid dienone is 1. The first-order valence-electron chi connectivity index (χ1n) is 8.96. The van der Waals surface area contributed by atoms with Gasteiger partial charge in [-0.2, -0.15) is 0 Å². The van der Waals surface area contributed by atoms with E-state index in [0.29, 0.717) is 17.6 Å². The molecule has 134 valence electrons. The first-order chi connectivity index (χ1) is 12.0. The van der Waals surface area contributed by atoms with E-state index in [1.165, 1.54) is 24.8 Å². The van der Waals surface area contributed by atoms with Crippen molar-refractivity contribution in [2.45, 2.75) is 52.4 Å². The Hall–Kier alpha value is -2.37. The lowest BCUT2D eigenvalue weighted by Crippen LogP contribution is -2.27. The number of aryl methyl sites for hydroxylation is 3. The van der Waals surface area contributed by atoms with Crippen LogP contribution in [0.25, 0.3) is 11.0 Å². The maximum Gasteiger partial charge on any atom is 0.273 e. The minimum atomic E-state index is -0.159. The molecule has 1 amide bonds. The summed E-state index contributed by atoms with van der Waals surface area (Å²) < 4.78 is 1.62. The predicted molar refractivity (Wildman–Crippen MR) is 98.7 cm³/mol. The average molecular weight is 342 g/mol. The normalized spacial score (nSPS) is 14.6. The molecule has 6 heteroatoms. The van der Waals surface area contributed by atoms with Crippen molar-refractivity contribution in [3.63, 3.8) is 0 Å². The fourth-order valence-corrected chi connectivity index (χ4v) is 3.63. The maximum absolute atomic E-state index is 12.3. The molecule has 0 unspecified atom stereocenters. The van der Waals surface area contributed by atoms with E-state index in [-0.39, 0.29) is 17.9 Å². The van der Waals surface area contributed by atoms with Crippen LogP contribution in [0.15, 0.2) is 16.4 Å². The third-order valence-corrected chi connectivity index (χ3v) is 5.07. The molecule has 1 aliphatic carbocycles. The number of carbonyl (C=O) groups excluding carboxylic acids is 1. The summed E-state index contributed by atoms with van der Waals surface area (Å²) in [4.78, 5) is 28.9. The number of carbonyl (C=O) groups is 1. The lowest BCUT2D eigenvalue weighted by molar-refractivity contribution is -0.120. The predicted octanol–water partition coefficient (Wildman–Crippen LogP) is 2.43. The maximum atomic E-state index is 12.3. The monoisotopic (exact) mass is 342 g/mol. The van der Waals surface area contributed by atoms with Gasteiger partial charge >= 0.3 is 0 Å². The van der Waals surface area contributed by atoms with E-state index in [0.717, 1.165) is 29.7 Å². The molecule has 2 aromatic heterocycles. The Kier molecular flexibility index (Phi) is 5.06. The molecule has 25 heavy (non-hydrogen) atoms. The minimum absolute atomic E-state index is 0.0175. The summed E-state index contributed by atoms with van der Waals surface area (Å²) in [6.07, 6.45) is 8.36. The molecule has 0 aliphatic heterocycles. The first kappa shape index (κ1) is 17.5. The molecule has 1 aliphatic rings. The van der Waals surface area contributed by atoms with Crippen LogP contribution in [0.2, 0.25) is 0 Å². The number of amides is 1. The van der Waals surface area contributed by atoms with E-state index >= 15 is 0 Å². The lowest BCUT2D eigenvalue weighted by atomic mass is 9.97. The molecule has 2 aromatic rings. The van der Waals surface area contributed by atoms with E-state index < -0.39 is 0 Å². The van der Waals surface area contributed by atoms with E-state index in [2.05, 4.69) is 21.5 Å². The zero-order valence-corrected chi connectivity index (χ0v) is 15.2. The van der Waals surface area contributed by atoms with Gasteiger partial charge in [0, 0.05) is 19.3 Å². The van der Waals surface area contributed by atoms with Gasteiger partial charge in [0.2, 0.25) is 5.91 Å². The summed E-state index contributed by atoms with van der Waals surface area (Å²) in [6.45, 7) is 4.45. The summed E-state index contributed by atoms with van der Waals surface area (Å²) in [5, 5.41) is 6.30. The van der Waals surface area contributed by atoms with Gasteiger partial charge in [0.05, 0.1) is 11.8 Å². The molecule has 3 rings (SSSR count). The number of nitrogens with one attached hydrogen (secondary N) is 2. The highest BCUT2D eigenvalue weighted by molar-refractivity contribution is 5.84. The molecule has 0 spiro atoms. The highest BCUT2D eigenvalue weighted by atomic mass is 16.1. The molecular weight excluding hydrogens is 316 g/mol. The number of fused-ring (bicyclic) bond motifs is 1. The van der Waals surface area contributed by atoms with Crippen LogP contribution >= 0.6 is 0 Å². The Morgan fingerprint density at radius 1 is 1.36 bits per heavy atom. The smallest absolute Gasteiger partial charge is 0.273 e. The molecule has 0 bridgehead atoms. The van der Waals surface area contributed by atoms with E-state index in [1.807, 2.05) is 13.8 Å². The van der Waals surface area contributed by atoms with Gasteiger partial charge in [0.1, 0.15) is 0 Å². The van der Waals surface area contributed by atoms with Crippen LogP contribution < -0.4 is 10.9 Å². The van der Waals surface area contributed by atoms with Crippen LogP contribution in [0.4, 0.5) is 0 Å². The minimum Gasteiger partial charge on any atom is -0.355 e. The van der Waals surface area contributed by atoms with Gasteiger partial charge in [-0.1, -0.05) is 11.6 Å². The number of aromatic amines is 1. The highest BCUT2D eigenvalue weighted by Gasteiger charge is 2.17. The van der Waals surface area contributed by atoms with Crippen LogP contribution in [0, 0.1) is 13.8 Å². The van der Waals surface area contributed by atoms with Crippen LogP contribution in [-0.2, 0) is 18.3 Å². The number of hydrogen-bond acceptors (Lipinski definition) is 3. The van der Waals surface area contributed by atoms with Gasteiger partial charge in [-0.15, -0.1) is 0 Å². The van der Waals surface area contributed by atoms with Crippen molar-refractivity contribution in [2.75, 3.05) is 6.54 Å². The van der Waals surface area contributed by atoms with Crippen LogP contribution in [0.3, 0.4) is 0 Å². The Morgan fingerprint density at radius 3 is 2.88 bits per heavy atom. The van der Waals surface area contributed by atoms with E-state index in [1.54, 1.807) is 11.7 Å². The number of rotatable bonds is 5. The Morgan fingerprint density at radius 2 is 2.16 bits per heavy atom. The lowest BCUT2D eigenvalue weighted by Gasteiger charge is -2.14. The fourth-order valence-electron chi connectivity index (χ4n) is 3.63. The molecule has 0 aromatic carbocycles. The summed E-state index contributed by atoms with van der Waals surface area (Å²) in [6, 6.07) is 0. The second kappa shape index (κ2) is 7.25. The molecule has 0 radical (unpaired) electrons. The topological polar surface area (TPSA) is 79.8 Å². The van der Waals surface area contributed by atoms with Crippen LogP contribution in [0.1, 0.15) is 48.9 Å². The molecule has 0 saturated carbocycles. The number of pyridine rings is 1. The van der Waals surface area contributed by atoms with Crippen molar-refractivity contribution in [3.05, 3.63) is 38.8 Å². The first-order valence-corrected chi connectivity index (χ1v) is 8.96. The second-order valence-electron chi connectivity index (χ2n) is 6.88. The van der Waals surface area contributed by atoms with Gasteiger partial charge < -0.3 is 5.32 Å². The summed E-state index contributed by atoms with van der Waals surface area (Å²) in [7, 11) is 1.77. The van der Waals surface area contributed by atoms with Crippen molar-refractivity contribution in [3.8, 4) is 0 Å². The number of hydrogen-bond donors (Lipinski definition) is 2. The zero-order chi connectivity index (χ0) is 18.0. The molecule has 2 N–H and O–H groups in total. The third kappa shape index (κ3) is 3.67. The summed E-state index contributed by atoms with van der Waals surface area (Å²) in [5.41, 5.74) is 4.41. The molecule has 2 heterocycles. The highest BCUT2D eigenvalue weighted by Crippen LogP contribution is 2.21. The van der Waals surface area contributed by atoms with E-state index in [4.69, 9.17) is 0 Å². The van der Waals surface area contributed by atoms with Gasteiger partial charge in [0.25, 0.3) is 5.56 Å². The molecular formula is C19H26N4O2. The number of H-pyrrole nitrogens is 1. The van der Waals surface area contributed by atoms with E-state index in [9.17, 15) is 9.59 Å². The van der Waals surface area contributed by atoms with Gasteiger partial charge in [-0.25, -0.2) is 4.98 Å². The fraction of sp³-hybridized carbons (Fsp3) is 0.526. The Bertz CT molecular complexity index is 889. The molecule has 6 nitrogen and oxygen atoms in total. The molecule has 0 saturated heterocycles. The second-order valence-corrected chi connectivity index (χ2v) is 6.88. The van der Waals surface area contributed by atoms with Gasteiger partial charge in [-0.3, -0.25) is 19.4 Å². The summed E-state index contributed by atoms with van der Waals surface area (Å²) in [5.74, 6) is -0.0175. The van der Waals surface area contributed by atoms with Gasteiger partial charge in [0.15, 0.2) is 5.65 Å². The largest absolute Gasteiger partial charge is 0.355 e. The number of aromatic nitrogens is 3. The van der Waals surface area contributed by atoms with Crippen molar-refractivity contribution >= 4 is 16.9 Å². The van der Waals surface area contributed by atoms with Crippen molar-refractivity contribution in [1.82, 2.24) is 20.1 Å². The molecule has 0 fully saturated rings. The summed E-state index contributed by atoms with van der Waals surface area (Å²) >= 11 is 0. The van der Waals surface area contributed by atoms with Crippen molar-refractivity contribution in [2.24, 2.45) is 7.05 Å². The zero-order valence-electron chi connectivity index (χ0n) is 15.2. The van der Waals surface area contributed by atoms with Crippen molar-refractivity contribution < 1.29 is 4.79 Å². The molecule has 0 atom stereocenters. The number of nitrogens with zero attached hydrogens (tertiary/aromatic N) is 2. The van der Waals surface area contributed by atoms with Crippen molar-refractivity contribution in [1.29, 1.82) is 0 Å². The Balaban J connectivity index is 1.69. The third-order valence-electron chi connectivity index (χ3n) is 5.07. The average Bonchev–Trinajstić information content (AvgIpc) is 2.86. The van der Waals surface area contributed by atoms with Crippen LogP contribution in [0.5, 0.6) is 0 Å². The van der Waals surface area contributed by atoms with Crippen LogP contribution in [-0.4, -0.2) is 27.2 Å². The Labute approximate surface area is 147 Å². The van der Waals surface area contributed by atoms with Gasteiger partial charge in [-0.05, 0) is 57.1 Å². The SMILES string of the molecule is Cc1nc2c(c(C)c1CC(=O)NCCC1=CCCCC1)c(=O)[nH]n2C. The standard InChI is InChI=1S/C19H26N4O2/c1-12-15(13(2)21-18-17(12)19(25)22-23(18)3)11-16(24)20-10-9-14-7-5-4-6-8-14/h7H,4-6,8-11H2,1-3H3,(H,20,24)(H,22,25).